The Kier molecular flexibility index (Phi) is 17.3. The molecule has 1 aliphatic heterocycles. The fraction of sp³-hybridized carbons (Fsp3) is 0.333. The lowest BCUT2D eigenvalue weighted by Gasteiger charge is -2.31. The molecule has 1 aromatic heterocycles. The number of allylic oxidation sites excluding steroid dienone is 4. The second-order valence-electron chi connectivity index (χ2n) is 11.9. The molecule has 278 valence electrons. The summed E-state index contributed by atoms with van der Waals surface area (Å²) in [6.45, 7) is 7.85. The van der Waals surface area contributed by atoms with E-state index in [0.717, 1.165) is 68.4 Å². The van der Waals surface area contributed by atoms with E-state index < -0.39 is 0 Å². The van der Waals surface area contributed by atoms with Crippen LogP contribution < -0.4 is 5.32 Å². The van der Waals surface area contributed by atoms with Crippen molar-refractivity contribution < 1.29 is 34.0 Å². The molecule has 0 amide bonds. The SMILES string of the molecule is C=N/C(=C\C=C/Cc1ccc(Cl)cc1F)C1CCN(Cc2nc3cc(C=O)ccc3n2CCOC)CC1.CNCC(=O)c1ccc(O)c(O)c1.CO. The van der Waals surface area contributed by atoms with Crippen molar-refractivity contribution in [2.45, 2.75) is 32.4 Å². The average Bonchev–Trinajstić information content (AvgIpc) is 3.49. The van der Waals surface area contributed by atoms with Crippen LogP contribution in [-0.4, -0.2) is 96.1 Å². The zero-order valence-corrected chi connectivity index (χ0v) is 30.5. The number of benzene rings is 3. The number of phenols is 2. The van der Waals surface area contributed by atoms with Crippen LogP contribution >= 0.6 is 11.6 Å². The number of aliphatic hydroxyl groups excluding tert-OH is 1. The van der Waals surface area contributed by atoms with Crippen molar-refractivity contribution in [1.82, 2.24) is 19.8 Å². The first kappa shape index (κ1) is 41.7. The lowest BCUT2D eigenvalue weighted by Crippen LogP contribution is -2.34. The number of nitrogens with one attached hydrogen (secondary N) is 1. The fourth-order valence-electron chi connectivity index (χ4n) is 5.74. The third kappa shape index (κ3) is 11.9. The van der Waals surface area contributed by atoms with Gasteiger partial charge in [-0.2, -0.15) is 0 Å². The molecule has 13 heteroatoms. The summed E-state index contributed by atoms with van der Waals surface area (Å²) in [5.41, 5.74) is 4.41. The first-order valence-corrected chi connectivity index (χ1v) is 17.1. The van der Waals surface area contributed by atoms with Crippen molar-refractivity contribution in [3.05, 3.63) is 112 Å². The van der Waals surface area contributed by atoms with E-state index in [1.807, 2.05) is 36.4 Å². The normalized spacial score (nSPS) is 13.7. The number of nitrogens with zero attached hydrogens (tertiary/aromatic N) is 4. The van der Waals surface area contributed by atoms with E-state index in [9.17, 15) is 14.0 Å². The number of ketones is 1. The quantitative estimate of drug-likeness (QED) is 0.0403. The largest absolute Gasteiger partial charge is 0.504 e. The van der Waals surface area contributed by atoms with Crippen LogP contribution in [0.2, 0.25) is 5.02 Å². The zero-order chi connectivity index (χ0) is 38.0. The van der Waals surface area contributed by atoms with Crippen molar-refractivity contribution in [1.29, 1.82) is 0 Å². The van der Waals surface area contributed by atoms with E-state index in [-0.39, 0.29) is 29.6 Å². The number of methoxy groups -OCH3 is 1. The molecule has 0 spiro atoms. The molecule has 1 aliphatic rings. The van der Waals surface area contributed by atoms with Crippen molar-refractivity contribution in [3.8, 4) is 11.5 Å². The molecule has 52 heavy (non-hydrogen) atoms. The number of ether oxygens (including phenoxy) is 1. The van der Waals surface area contributed by atoms with Crippen LogP contribution in [0.5, 0.6) is 11.5 Å². The van der Waals surface area contributed by atoms with Gasteiger partial charge in [0.05, 0.1) is 30.7 Å². The molecular formula is C39H47ClFN5O6. The number of aldehydes is 1. The summed E-state index contributed by atoms with van der Waals surface area (Å²) in [6, 6.07) is 14.4. The van der Waals surface area contributed by atoms with Gasteiger partial charge in [0.2, 0.25) is 0 Å². The van der Waals surface area contributed by atoms with Gasteiger partial charge >= 0.3 is 0 Å². The van der Waals surface area contributed by atoms with Gasteiger partial charge in [-0.05, 0) is 106 Å². The van der Waals surface area contributed by atoms with E-state index in [0.29, 0.717) is 47.2 Å². The second kappa shape index (κ2) is 21.6. The summed E-state index contributed by atoms with van der Waals surface area (Å²) in [7, 11) is 4.36. The number of aromatic nitrogens is 2. The van der Waals surface area contributed by atoms with E-state index in [4.69, 9.17) is 36.6 Å². The number of imidazole rings is 1. The van der Waals surface area contributed by atoms with Gasteiger partial charge in [-0.25, -0.2) is 9.37 Å². The van der Waals surface area contributed by atoms with Gasteiger partial charge < -0.3 is 29.9 Å². The van der Waals surface area contributed by atoms with E-state index in [1.54, 1.807) is 26.3 Å². The minimum absolute atomic E-state index is 0.127. The number of hydrogen-bond donors (Lipinski definition) is 4. The predicted molar refractivity (Wildman–Crippen MR) is 203 cm³/mol. The van der Waals surface area contributed by atoms with Crippen LogP contribution in [0.15, 0.2) is 83.5 Å². The van der Waals surface area contributed by atoms with Gasteiger partial charge in [-0.3, -0.25) is 19.5 Å². The highest BCUT2D eigenvalue weighted by atomic mass is 35.5. The number of aromatic hydroxyl groups is 2. The van der Waals surface area contributed by atoms with E-state index >= 15 is 0 Å². The number of piperidine rings is 1. The molecule has 0 unspecified atom stereocenters. The lowest BCUT2D eigenvalue weighted by atomic mass is 9.93. The number of likely N-dealkylation sites (tertiary alicyclic amines) is 1. The number of hydrogen-bond acceptors (Lipinski definition) is 10. The molecular weight excluding hydrogens is 689 g/mol. The number of carbonyl (C=O) groups excluding carboxylic acids is 2. The van der Waals surface area contributed by atoms with Crippen LogP contribution in [0.1, 0.15) is 44.9 Å². The summed E-state index contributed by atoms with van der Waals surface area (Å²) in [4.78, 5) is 34.0. The Hall–Kier alpha value is -4.72. The number of likely N-dealkylation sites (N-methyl/N-ethyl adjacent to an activating group) is 1. The Morgan fingerprint density at radius 1 is 1.12 bits per heavy atom. The van der Waals surface area contributed by atoms with Gasteiger partial charge in [0, 0.05) is 48.5 Å². The van der Waals surface area contributed by atoms with Gasteiger partial charge in [0.25, 0.3) is 0 Å². The fourth-order valence-corrected chi connectivity index (χ4v) is 5.89. The highest BCUT2D eigenvalue weighted by Crippen LogP contribution is 2.28. The van der Waals surface area contributed by atoms with Gasteiger partial charge in [-0.1, -0.05) is 29.8 Å². The van der Waals surface area contributed by atoms with Crippen LogP contribution in [-0.2, 0) is 24.2 Å². The topological polar surface area (TPSA) is 150 Å². The Labute approximate surface area is 308 Å². The third-order valence-corrected chi connectivity index (χ3v) is 8.69. The standard InChI is InChI=1S/C29H32ClFN4O2.C9H11NO3.CH4O/c1-32-26(6-4-3-5-22-8-9-24(30)18-25(22)31)23-11-13-34(14-12-23)19-29-33-27-17-21(20-36)7-10-28(27)35(29)15-16-37-2;1-10-5-9(13)6-2-3-7(11)8(12)4-6;1-2/h3-4,6-10,17-18,20,23H,1,5,11-16,19H2,2H3;2-4,10-12H,5H2,1H3;2H,1H3/b4-3-,26-6-;;. The molecule has 0 atom stereocenters. The predicted octanol–water partition coefficient (Wildman–Crippen LogP) is 5.99. The van der Waals surface area contributed by atoms with Crippen LogP contribution in [0.3, 0.4) is 0 Å². The minimum Gasteiger partial charge on any atom is -0.504 e. The molecule has 0 radical (unpaired) electrons. The van der Waals surface area contributed by atoms with Crippen LogP contribution in [0.25, 0.3) is 11.0 Å². The number of aliphatic imine (C=N–C) groups is 1. The molecule has 0 aliphatic carbocycles. The molecule has 4 N–H and O–H groups in total. The summed E-state index contributed by atoms with van der Waals surface area (Å²) < 4.78 is 21.5. The number of aliphatic hydroxyl groups is 1. The molecule has 1 saturated heterocycles. The number of carbonyl (C=O) groups is 2. The van der Waals surface area contributed by atoms with Crippen molar-refractivity contribution in [2.75, 3.05) is 47.5 Å². The highest BCUT2D eigenvalue weighted by molar-refractivity contribution is 6.30. The summed E-state index contributed by atoms with van der Waals surface area (Å²) in [5.74, 6) is 0.382. The summed E-state index contributed by atoms with van der Waals surface area (Å²) >= 11 is 5.83. The highest BCUT2D eigenvalue weighted by Gasteiger charge is 2.23. The van der Waals surface area contributed by atoms with E-state index in [1.165, 1.54) is 24.3 Å². The van der Waals surface area contributed by atoms with Crippen molar-refractivity contribution in [2.24, 2.45) is 10.9 Å². The Morgan fingerprint density at radius 3 is 2.50 bits per heavy atom. The van der Waals surface area contributed by atoms with Crippen LogP contribution in [0.4, 0.5) is 4.39 Å². The van der Waals surface area contributed by atoms with Crippen molar-refractivity contribution in [3.63, 3.8) is 0 Å². The molecule has 11 nitrogen and oxygen atoms in total. The number of fused-ring (bicyclic) bond motifs is 1. The maximum atomic E-state index is 14.0. The Balaban J connectivity index is 0.000000408. The molecule has 2 heterocycles. The molecule has 0 saturated carbocycles. The first-order chi connectivity index (χ1) is 25.2. The van der Waals surface area contributed by atoms with Gasteiger partial charge in [0.15, 0.2) is 17.3 Å². The average molecular weight is 736 g/mol. The minimum atomic E-state index is -0.296. The Morgan fingerprint density at radius 2 is 1.87 bits per heavy atom. The number of phenolic OH excluding ortho intramolecular Hbond substituents is 2. The maximum absolute atomic E-state index is 14.0. The second-order valence-corrected chi connectivity index (χ2v) is 12.3. The smallest absolute Gasteiger partial charge is 0.176 e. The number of halogens is 2. The Bertz CT molecular complexity index is 1850. The summed E-state index contributed by atoms with van der Waals surface area (Å²) in [6.07, 6.45) is 9.11. The lowest BCUT2D eigenvalue weighted by molar-refractivity contribution is 0.0992. The van der Waals surface area contributed by atoms with Gasteiger partial charge in [0.1, 0.15) is 17.9 Å². The van der Waals surface area contributed by atoms with Crippen LogP contribution in [0, 0.1) is 11.7 Å². The van der Waals surface area contributed by atoms with Crippen molar-refractivity contribution >= 4 is 41.4 Å². The molecule has 3 aromatic carbocycles. The number of rotatable bonds is 14. The molecule has 0 bridgehead atoms. The number of Topliss-reactive ketones (excluding diaryl/α,β-unsaturated/α-hetero) is 1. The monoisotopic (exact) mass is 735 g/mol. The zero-order valence-electron chi connectivity index (χ0n) is 29.8. The molecule has 4 aromatic rings. The maximum Gasteiger partial charge on any atom is 0.176 e. The molecule has 5 rings (SSSR count). The van der Waals surface area contributed by atoms with E-state index in [2.05, 4.69) is 26.5 Å². The van der Waals surface area contributed by atoms with Gasteiger partial charge in [-0.15, -0.1) is 0 Å². The molecule has 1 fully saturated rings. The third-order valence-electron chi connectivity index (χ3n) is 8.45. The summed E-state index contributed by atoms with van der Waals surface area (Å²) in [5, 5.41) is 28.2. The first-order valence-electron chi connectivity index (χ1n) is 16.7.